The molecule has 0 aliphatic rings. The molecule has 0 spiro atoms. The minimum absolute atomic E-state index is 0.00424. The van der Waals surface area contributed by atoms with Crippen LogP contribution in [0.2, 0.25) is 0 Å². The van der Waals surface area contributed by atoms with Crippen LogP contribution in [0.25, 0.3) is 0 Å². The predicted octanol–water partition coefficient (Wildman–Crippen LogP) is 2.28. The molecule has 0 radical (unpaired) electrons. The number of nitrogens with two attached hydrogens (primary N) is 1. The van der Waals surface area contributed by atoms with Crippen LogP contribution in [0.15, 0.2) is 22.9 Å². The molecule has 6 heteroatoms. The van der Waals surface area contributed by atoms with Crippen molar-refractivity contribution in [2.45, 2.75) is 13.0 Å². The maximum atomic E-state index is 11.7. The SMILES string of the molecule is C[C@H](NC(=O)c1csc(N)n1)c1cccs1. The molecular formula is C10H11N3OS2. The molecule has 2 rings (SSSR count). The highest BCUT2D eigenvalue weighted by atomic mass is 32.1. The highest BCUT2D eigenvalue weighted by molar-refractivity contribution is 7.13. The maximum Gasteiger partial charge on any atom is 0.271 e. The number of aromatic nitrogens is 1. The first-order valence-corrected chi connectivity index (χ1v) is 6.48. The quantitative estimate of drug-likeness (QED) is 0.881. The van der Waals surface area contributed by atoms with Gasteiger partial charge >= 0.3 is 0 Å². The lowest BCUT2D eigenvalue weighted by Crippen LogP contribution is -2.26. The molecule has 2 heterocycles. The molecular weight excluding hydrogens is 242 g/mol. The molecule has 3 N–H and O–H groups in total. The Kier molecular flexibility index (Phi) is 3.21. The normalized spacial score (nSPS) is 12.3. The minimum atomic E-state index is -0.186. The number of anilines is 1. The van der Waals surface area contributed by atoms with Crippen molar-refractivity contribution in [3.63, 3.8) is 0 Å². The Morgan fingerprint density at radius 1 is 1.56 bits per heavy atom. The third-order valence-electron chi connectivity index (χ3n) is 2.07. The van der Waals surface area contributed by atoms with E-state index in [1.54, 1.807) is 16.7 Å². The van der Waals surface area contributed by atoms with E-state index < -0.39 is 0 Å². The largest absolute Gasteiger partial charge is 0.375 e. The van der Waals surface area contributed by atoms with Crippen LogP contribution in [0.4, 0.5) is 5.13 Å². The molecule has 1 amide bonds. The van der Waals surface area contributed by atoms with Crippen LogP contribution in [-0.2, 0) is 0 Å². The van der Waals surface area contributed by atoms with Crippen LogP contribution in [0, 0.1) is 0 Å². The molecule has 2 aromatic heterocycles. The summed E-state index contributed by atoms with van der Waals surface area (Å²) in [5.74, 6) is -0.186. The van der Waals surface area contributed by atoms with E-state index in [4.69, 9.17) is 5.73 Å². The van der Waals surface area contributed by atoms with Gasteiger partial charge in [-0.3, -0.25) is 4.79 Å². The van der Waals surface area contributed by atoms with E-state index in [9.17, 15) is 4.79 Å². The molecule has 0 unspecified atom stereocenters. The lowest BCUT2D eigenvalue weighted by Gasteiger charge is -2.10. The molecule has 0 saturated carbocycles. The van der Waals surface area contributed by atoms with E-state index in [1.165, 1.54) is 11.3 Å². The number of carbonyl (C=O) groups is 1. The zero-order chi connectivity index (χ0) is 11.5. The summed E-state index contributed by atoms with van der Waals surface area (Å²) in [7, 11) is 0. The molecule has 4 nitrogen and oxygen atoms in total. The Hall–Kier alpha value is -1.40. The number of nitrogen functional groups attached to an aromatic ring is 1. The zero-order valence-corrected chi connectivity index (χ0v) is 10.3. The number of hydrogen-bond donors (Lipinski definition) is 2. The Morgan fingerprint density at radius 3 is 2.94 bits per heavy atom. The molecule has 0 aliphatic heterocycles. The molecule has 0 fully saturated rings. The maximum absolute atomic E-state index is 11.7. The molecule has 84 valence electrons. The molecule has 1 atom stereocenters. The third-order valence-corrected chi connectivity index (χ3v) is 3.80. The number of amides is 1. The molecule has 2 aromatic rings. The fourth-order valence-electron chi connectivity index (χ4n) is 1.27. The number of rotatable bonds is 3. The predicted molar refractivity (Wildman–Crippen MR) is 66.7 cm³/mol. The van der Waals surface area contributed by atoms with E-state index >= 15 is 0 Å². The fraction of sp³-hybridized carbons (Fsp3) is 0.200. The molecule has 16 heavy (non-hydrogen) atoms. The van der Waals surface area contributed by atoms with Crippen molar-refractivity contribution < 1.29 is 4.79 Å². The van der Waals surface area contributed by atoms with E-state index in [1.807, 2.05) is 24.4 Å². The third kappa shape index (κ3) is 2.40. The molecule has 0 bridgehead atoms. The van der Waals surface area contributed by atoms with Gasteiger partial charge in [0.1, 0.15) is 5.69 Å². The van der Waals surface area contributed by atoms with Gasteiger partial charge in [-0.05, 0) is 18.4 Å². The summed E-state index contributed by atoms with van der Waals surface area (Å²) in [6.45, 7) is 1.94. The Morgan fingerprint density at radius 2 is 2.38 bits per heavy atom. The van der Waals surface area contributed by atoms with Gasteiger partial charge in [0.15, 0.2) is 5.13 Å². The second kappa shape index (κ2) is 4.63. The van der Waals surface area contributed by atoms with Crippen LogP contribution in [0.3, 0.4) is 0 Å². The van der Waals surface area contributed by atoms with Gasteiger partial charge in [-0.25, -0.2) is 4.98 Å². The Labute approximate surface area is 101 Å². The summed E-state index contributed by atoms with van der Waals surface area (Å²) in [6.07, 6.45) is 0. The summed E-state index contributed by atoms with van der Waals surface area (Å²) in [6, 6.07) is 3.95. The molecule has 0 saturated heterocycles. The summed E-state index contributed by atoms with van der Waals surface area (Å²) >= 11 is 2.88. The van der Waals surface area contributed by atoms with Crippen molar-refractivity contribution in [3.8, 4) is 0 Å². The average molecular weight is 253 g/mol. The van der Waals surface area contributed by atoms with Gasteiger partial charge < -0.3 is 11.1 Å². The second-order valence-corrected chi connectivity index (χ2v) is 5.15. The first kappa shape index (κ1) is 11.1. The van der Waals surface area contributed by atoms with Crippen LogP contribution >= 0.6 is 22.7 Å². The highest BCUT2D eigenvalue weighted by Gasteiger charge is 2.14. The monoisotopic (exact) mass is 253 g/mol. The van der Waals surface area contributed by atoms with Crippen LogP contribution < -0.4 is 11.1 Å². The topological polar surface area (TPSA) is 68.0 Å². The van der Waals surface area contributed by atoms with Gasteiger partial charge in [0.2, 0.25) is 0 Å². The van der Waals surface area contributed by atoms with Gasteiger partial charge in [0, 0.05) is 10.3 Å². The van der Waals surface area contributed by atoms with E-state index in [0.717, 1.165) is 4.88 Å². The first-order chi connectivity index (χ1) is 7.66. The first-order valence-electron chi connectivity index (χ1n) is 4.72. The lowest BCUT2D eigenvalue weighted by molar-refractivity contribution is 0.0936. The Bertz CT molecular complexity index is 478. The minimum Gasteiger partial charge on any atom is -0.375 e. The number of nitrogens with one attached hydrogen (secondary N) is 1. The molecule has 0 aliphatic carbocycles. The van der Waals surface area contributed by atoms with E-state index in [-0.39, 0.29) is 11.9 Å². The van der Waals surface area contributed by atoms with Gasteiger partial charge in [0.05, 0.1) is 6.04 Å². The standard InChI is InChI=1S/C10H11N3OS2/c1-6(8-3-2-4-15-8)12-9(14)7-5-16-10(11)13-7/h2-6H,1H3,(H2,11,13)(H,12,14)/t6-/m0/s1. The number of thiazole rings is 1. The van der Waals surface area contributed by atoms with Crippen molar-refractivity contribution in [1.29, 1.82) is 0 Å². The summed E-state index contributed by atoms with van der Waals surface area (Å²) in [4.78, 5) is 16.8. The van der Waals surface area contributed by atoms with Crippen molar-refractivity contribution in [2.24, 2.45) is 0 Å². The van der Waals surface area contributed by atoms with Crippen LogP contribution in [-0.4, -0.2) is 10.9 Å². The number of carbonyl (C=O) groups excluding carboxylic acids is 1. The van der Waals surface area contributed by atoms with E-state index in [2.05, 4.69) is 10.3 Å². The van der Waals surface area contributed by atoms with Gasteiger partial charge in [-0.15, -0.1) is 22.7 Å². The number of thiophene rings is 1. The second-order valence-electron chi connectivity index (χ2n) is 3.28. The summed E-state index contributed by atoms with van der Waals surface area (Å²) in [5, 5.41) is 6.93. The van der Waals surface area contributed by atoms with Crippen molar-refractivity contribution in [1.82, 2.24) is 10.3 Å². The van der Waals surface area contributed by atoms with Crippen LogP contribution in [0.1, 0.15) is 28.3 Å². The van der Waals surface area contributed by atoms with Gasteiger partial charge in [-0.1, -0.05) is 6.07 Å². The van der Waals surface area contributed by atoms with Gasteiger partial charge in [0.25, 0.3) is 5.91 Å². The average Bonchev–Trinajstić information content (AvgIpc) is 2.87. The van der Waals surface area contributed by atoms with Crippen LogP contribution in [0.5, 0.6) is 0 Å². The summed E-state index contributed by atoms with van der Waals surface area (Å²) in [5.41, 5.74) is 5.85. The smallest absolute Gasteiger partial charge is 0.271 e. The fourth-order valence-corrected chi connectivity index (χ4v) is 2.55. The molecule has 0 aromatic carbocycles. The highest BCUT2D eigenvalue weighted by Crippen LogP contribution is 2.19. The van der Waals surface area contributed by atoms with Crippen molar-refractivity contribution >= 4 is 33.7 Å². The van der Waals surface area contributed by atoms with Crippen molar-refractivity contribution in [3.05, 3.63) is 33.5 Å². The number of nitrogens with zero attached hydrogens (tertiary/aromatic N) is 1. The summed E-state index contributed by atoms with van der Waals surface area (Å²) < 4.78 is 0. The lowest BCUT2D eigenvalue weighted by atomic mass is 10.2. The van der Waals surface area contributed by atoms with E-state index in [0.29, 0.717) is 10.8 Å². The van der Waals surface area contributed by atoms with Gasteiger partial charge in [-0.2, -0.15) is 0 Å². The zero-order valence-electron chi connectivity index (χ0n) is 8.64. The Balaban J connectivity index is 2.03. The van der Waals surface area contributed by atoms with Crippen molar-refractivity contribution in [2.75, 3.05) is 5.73 Å². The number of hydrogen-bond acceptors (Lipinski definition) is 5.